The fraction of sp³-hybridized carbons (Fsp3) is 0.529. The van der Waals surface area contributed by atoms with Crippen LogP contribution in [0.4, 0.5) is 5.69 Å². The number of nitrogens with zero attached hydrogens (tertiary/aromatic N) is 1. The summed E-state index contributed by atoms with van der Waals surface area (Å²) in [6, 6.07) is 7.28. The van der Waals surface area contributed by atoms with Gasteiger partial charge in [0.15, 0.2) is 0 Å². The van der Waals surface area contributed by atoms with Crippen molar-refractivity contribution < 1.29 is 9.59 Å². The molecule has 2 N–H and O–H groups in total. The van der Waals surface area contributed by atoms with Crippen LogP contribution in [0.25, 0.3) is 0 Å². The number of anilines is 1. The fourth-order valence-corrected chi connectivity index (χ4v) is 2.83. The molecule has 2 amide bonds. The maximum absolute atomic E-state index is 12.1. The summed E-state index contributed by atoms with van der Waals surface area (Å²) >= 11 is 0. The van der Waals surface area contributed by atoms with Gasteiger partial charge < -0.3 is 4.90 Å². The molecule has 1 fully saturated rings. The van der Waals surface area contributed by atoms with Crippen LogP contribution >= 0.6 is 0 Å². The highest BCUT2D eigenvalue weighted by atomic mass is 16.2. The first-order chi connectivity index (χ1) is 10.6. The average Bonchev–Trinajstić information content (AvgIpc) is 2.53. The third-order valence-corrected chi connectivity index (χ3v) is 4.14. The molecule has 0 aliphatic heterocycles. The monoisotopic (exact) mass is 303 g/mol. The number of rotatable bonds is 4. The predicted molar refractivity (Wildman–Crippen MR) is 87.6 cm³/mol. The molecule has 0 spiro atoms. The Morgan fingerprint density at radius 3 is 2.55 bits per heavy atom. The summed E-state index contributed by atoms with van der Waals surface area (Å²) in [5.74, 6) is 0.0624. The maximum atomic E-state index is 12.1. The lowest BCUT2D eigenvalue weighted by Crippen LogP contribution is -2.42. The summed E-state index contributed by atoms with van der Waals surface area (Å²) in [6.45, 7) is 0. The summed E-state index contributed by atoms with van der Waals surface area (Å²) in [4.78, 5) is 25.9. The first-order valence-corrected chi connectivity index (χ1v) is 7.93. The SMILES string of the molecule is CN(C)c1cccc(C(=O)NNC(=O)CC2CCCCC2)c1. The van der Waals surface area contributed by atoms with Crippen LogP contribution in [-0.4, -0.2) is 25.9 Å². The molecule has 0 unspecified atom stereocenters. The van der Waals surface area contributed by atoms with Gasteiger partial charge in [-0.2, -0.15) is 0 Å². The molecule has 1 aromatic carbocycles. The zero-order chi connectivity index (χ0) is 15.9. The molecule has 5 nitrogen and oxygen atoms in total. The van der Waals surface area contributed by atoms with Crippen LogP contribution in [0.15, 0.2) is 24.3 Å². The van der Waals surface area contributed by atoms with Crippen molar-refractivity contribution in [3.05, 3.63) is 29.8 Å². The molecule has 2 rings (SSSR count). The summed E-state index contributed by atoms with van der Waals surface area (Å²) in [6.07, 6.45) is 6.43. The summed E-state index contributed by atoms with van der Waals surface area (Å²) in [5.41, 5.74) is 6.50. The van der Waals surface area contributed by atoms with Crippen molar-refractivity contribution in [2.75, 3.05) is 19.0 Å². The zero-order valence-corrected chi connectivity index (χ0v) is 13.4. The number of benzene rings is 1. The second-order valence-corrected chi connectivity index (χ2v) is 6.16. The van der Waals surface area contributed by atoms with E-state index in [-0.39, 0.29) is 11.8 Å². The highest BCUT2D eigenvalue weighted by Gasteiger charge is 2.17. The van der Waals surface area contributed by atoms with Crippen LogP contribution in [0, 0.1) is 5.92 Å². The van der Waals surface area contributed by atoms with Gasteiger partial charge in [-0.1, -0.05) is 25.3 Å². The maximum Gasteiger partial charge on any atom is 0.269 e. The van der Waals surface area contributed by atoms with Crippen molar-refractivity contribution >= 4 is 17.5 Å². The molecule has 5 heteroatoms. The van der Waals surface area contributed by atoms with Crippen LogP contribution in [0.1, 0.15) is 48.9 Å². The number of hydrazine groups is 1. The van der Waals surface area contributed by atoms with Crippen LogP contribution < -0.4 is 15.8 Å². The number of amides is 2. The molecule has 1 saturated carbocycles. The van der Waals surface area contributed by atoms with E-state index in [1.165, 1.54) is 19.3 Å². The van der Waals surface area contributed by atoms with Crippen molar-refractivity contribution in [3.8, 4) is 0 Å². The van der Waals surface area contributed by atoms with E-state index in [1.807, 2.05) is 31.1 Å². The molecule has 1 aliphatic rings. The zero-order valence-electron chi connectivity index (χ0n) is 13.4. The number of carbonyl (C=O) groups excluding carboxylic acids is 2. The molecule has 0 radical (unpaired) electrons. The van der Waals surface area contributed by atoms with E-state index in [0.29, 0.717) is 17.9 Å². The first-order valence-electron chi connectivity index (χ1n) is 7.93. The summed E-state index contributed by atoms with van der Waals surface area (Å²) in [5, 5.41) is 0. The number of nitrogens with one attached hydrogen (secondary N) is 2. The Labute approximate surface area is 132 Å². The van der Waals surface area contributed by atoms with E-state index in [4.69, 9.17) is 0 Å². The number of carbonyl (C=O) groups is 2. The molecule has 1 aromatic rings. The molecule has 1 aliphatic carbocycles. The minimum absolute atomic E-state index is 0.107. The van der Waals surface area contributed by atoms with Crippen LogP contribution in [0.3, 0.4) is 0 Å². The Hall–Kier alpha value is -2.04. The lowest BCUT2D eigenvalue weighted by molar-refractivity contribution is -0.123. The molecular weight excluding hydrogens is 278 g/mol. The van der Waals surface area contributed by atoms with E-state index in [0.717, 1.165) is 18.5 Å². The smallest absolute Gasteiger partial charge is 0.269 e. The van der Waals surface area contributed by atoms with Crippen molar-refractivity contribution in [2.45, 2.75) is 38.5 Å². The molecule has 0 heterocycles. The van der Waals surface area contributed by atoms with Gasteiger partial charge in [0.25, 0.3) is 5.91 Å². The van der Waals surface area contributed by atoms with E-state index >= 15 is 0 Å². The highest BCUT2D eigenvalue weighted by Crippen LogP contribution is 2.25. The summed E-state index contributed by atoms with van der Waals surface area (Å²) < 4.78 is 0. The Morgan fingerprint density at radius 2 is 1.86 bits per heavy atom. The van der Waals surface area contributed by atoms with Crippen molar-refractivity contribution in [3.63, 3.8) is 0 Å². The van der Waals surface area contributed by atoms with Gasteiger partial charge in [-0.25, -0.2) is 0 Å². The van der Waals surface area contributed by atoms with Gasteiger partial charge in [-0.05, 0) is 37.0 Å². The van der Waals surface area contributed by atoms with Gasteiger partial charge in [0.1, 0.15) is 0 Å². The van der Waals surface area contributed by atoms with Crippen molar-refractivity contribution in [2.24, 2.45) is 5.92 Å². The van der Waals surface area contributed by atoms with Gasteiger partial charge in [0.05, 0.1) is 0 Å². The van der Waals surface area contributed by atoms with Gasteiger partial charge in [-0.15, -0.1) is 0 Å². The third-order valence-electron chi connectivity index (χ3n) is 4.14. The molecule has 0 bridgehead atoms. The molecule has 0 atom stereocenters. The van der Waals surface area contributed by atoms with Crippen LogP contribution in [-0.2, 0) is 4.79 Å². The number of hydrogen-bond donors (Lipinski definition) is 2. The highest BCUT2D eigenvalue weighted by molar-refractivity contribution is 5.96. The average molecular weight is 303 g/mol. The van der Waals surface area contributed by atoms with E-state index in [9.17, 15) is 9.59 Å². The third kappa shape index (κ3) is 4.76. The Balaban J connectivity index is 1.81. The van der Waals surface area contributed by atoms with Gasteiger partial charge in [-0.3, -0.25) is 20.4 Å². The molecule has 120 valence electrons. The van der Waals surface area contributed by atoms with Gasteiger partial charge in [0.2, 0.25) is 5.91 Å². The lowest BCUT2D eigenvalue weighted by atomic mass is 9.87. The van der Waals surface area contributed by atoms with E-state index in [2.05, 4.69) is 10.9 Å². The molecular formula is C17H25N3O2. The van der Waals surface area contributed by atoms with Crippen molar-refractivity contribution in [1.82, 2.24) is 10.9 Å². The lowest BCUT2D eigenvalue weighted by Gasteiger charge is -2.20. The van der Waals surface area contributed by atoms with Gasteiger partial charge >= 0.3 is 0 Å². The van der Waals surface area contributed by atoms with Crippen molar-refractivity contribution in [1.29, 1.82) is 0 Å². The Bertz CT molecular complexity index is 522. The minimum atomic E-state index is -0.291. The van der Waals surface area contributed by atoms with Crippen LogP contribution in [0.2, 0.25) is 0 Å². The molecule has 0 saturated heterocycles. The van der Waals surface area contributed by atoms with Crippen LogP contribution in [0.5, 0.6) is 0 Å². The second-order valence-electron chi connectivity index (χ2n) is 6.16. The molecule has 0 aromatic heterocycles. The topological polar surface area (TPSA) is 61.4 Å². The Kier molecular flexibility index (Phi) is 5.81. The minimum Gasteiger partial charge on any atom is -0.378 e. The summed E-state index contributed by atoms with van der Waals surface area (Å²) in [7, 11) is 3.84. The van der Waals surface area contributed by atoms with E-state index < -0.39 is 0 Å². The fourth-order valence-electron chi connectivity index (χ4n) is 2.83. The normalized spacial score (nSPS) is 15.2. The standard InChI is InChI=1S/C17H25N3O2/c1-20(2)15-10-6-9-14(12-15)17(22)19-18-16(21)11-13-7-4-3-5-8-13/h6,9-10,12-13H,3-5,7-8,11H2,1-2H3,(H,18,21)(H,19,22). The first kappa shape index (κ1) is 16.3. The Morgan fingerprint density at radius 1 is 1.14 bits per heavy atom. The molecule has 22 heavy (non-hydrogen) atoms. The quantitative estimate of drug-likeness (QED) is 0.840. The second kappa shape index (κ2) is 7.82. The van der Waals surface area contributed by atoms with Gasteiger partial charge in [0, 0.05) is 31.8 Å². The largest absolute Gasteiger partial charge is 0.378 e. The predicted octanol–water partition coefficient (Wildman–Crippen LogP) is 2.48. The number of hydrogen-bond acceptors (Lipinski definition) is 3. The van der Waals surface area contributed by atoms with E-state index in [1.54, 1.807) is 12.1 Å².